The summed E-state index contributed by atoms with van der Waals surface area (Å²) in [5, 5.41) is 14.8. The molecule has 2 atom stereocenters. The number of alkyl carbamates (subject to hydrolysis) is 1. The molecule has 0 unspecified atom stereocenters. The summed E-state index contributed by atoms with van der Waals surface area (Å²) in [6.45, 7) is 12.4. The number of aromatic nitrogens is 1. The number of amides is 3. The van der Waals surface area contributed by atoms with Gasteiger partial charge in [0.15, 0.2) is 0 Å². The summed E-state index contributed by atoms with van der Waals surface area (Å²) in [5.74, 6) is -1.53. The van der Waals surface area contributed by atoms with Crippen molar-refractivity contribution >= 4 is 58.2 Å². The summed E-state index contributed by atoms with van der Waals surface area (Å²) in [4.78, 5) is 66.6. The molecule has 2 heterocycles. The number of fused-ring (bicyclic) bond motifs is 1. The third kappa shape index (κ3) is 11.7. The van der Waals surface area contributed by atoms with Crippen LogP contribution < -0.4 is 16.4 Å². The average molecular weight is 648 g/mol. The van der Waals surface area contributed by atoms with Crippen LogP contribution in [0.15, 0.2) is 30.5 Å². The number of pyridine rings is 1. The highest BCUT2D eigenvalue weighted by atomic mass is 32.2. The minimum atomic E-state index is -1.05. The number of esters is 1. The van der Waals surface area contributed by atoms with Gasteiger partial charge in [0, 0.05) is 36.3 Å². The fraction of sp³-hybridized carbons (Fsp3) is 0.548. The lowest BCUT2D eigenvalue weighted by Crippen LogP contribution is -2.60. The third-order valence-electron chi connectivity index (χ3n) is 6.63. The lowest BCUT2D eigenvalue weighted by atomic mass is 10.0. The van der Waals surface area contributed by atoms with Gasteiger partial charge in [-0.3, -0.25) is 19.2 Å². The van der Waals surface area contributed by atoms with Gasteiger partial charge in [-0.1, -0.05) is 12.1 Å². The van der Waals surface area contributed by atoms with Crippen molar-refractivity contribution in [1.82, 2.24) is 20.5 Å². The van der Waals surface area contributed by atoms with E-state index in [4.69, 9.17) is 25.1 Å². The maximum absolute atomic E-state index is 13.9. The number of nitrogens with one attached hydrogen (secondary N) is 2. The zero-order valence-corrected chi connectivity index (χ0v) is 27.8. The molecule has 5 N–H and O–H groups in total. The molecule has 13 nitrogen and oxygen atoms in total. The first kappa shape index (κ1) is 37.1. The van der Waals surface area contributed by atoms with Crippen molar-refractivity contribution < 1.29 is 38.6 Å². The summed E-state index contributed by atoms with van der Waals surface area (Å²) in [7, 11) is 0. The summed E-state index contributed by atoms with van der Waals surface area (Å²) >= 11 is 1.20. The molecule has 3 rings (SSSR count). The number of nitrogens with zero attached hydrogens (tertiary/aromatic N) is 2. The zero-order chi connectivity index (χ0) is 33.9. The molecule has 1 fully saturated rings. The van der Waals surface area contributed by atoms with Crippen molar-refractivity contribution in [3.05, 3.63) is 36.0 Å². The predicted molar refractivity (Wildman–Crippen MR) is 172 cm³/mol. The number of carbonyl (C=O) groups is 5. The van der Waals surface area contributed by atoms with Gasteiger partial charge >= 0.3 is 12.1 Å². The van der Waals surface area contributed by atoms with Gasteiger partial charge in [0.1, 0.15) is 23.5 Å². The number of ether oxygens (including phenoxy) is 2. The number of anilines is 1. The van der Waals surface area contributed by atoms with Crippen LogP contribution in [0, 0.1) is 0 Å². The number of carboxylic acid groups (broad SMARTS) is 1. The van der Waals surface area contributed by atoms with Gasteiger partial charge in [0.2, 0.25) is 11.8 Å². The van der Waals surface area contributed by atoms with Crippen molar-refractivity contribution in [2.24, 2.45) is 0 Å². The third-order valence-corrected chi connectivity index (χ3v) is 7.99. The van der Waals surface area contributed by atoms with Crippen LogP contribution in [-0.2, 0) is 35.2 Å². The van der Waals surface area contributed by atoms with Gasteiger partial charge in [-0.2, -0.15) is 0 Å². The van der Waals surface area contributed by atoms with Crippen molar-refractivity contribution in [3.8, 4) is 0 Å². The highest BCUT2D eigenvalue weighted by molar-refractivity contribution is 8.01. The molecule has 0 radical (unpaired) electrons. The van der Waals surface area contributed by atoms with Crippen molar-refractivity contribution in [2.75, 3.05) is 24.6 Å². The molecule has 45 heavy (non-hydrogen) atoms. The Hall–Kier alpha value is -4.07. The van der Waals surface area contributed by atoms with Gasteiger partial charge in [0.05, 0.1) is 12.4 Å². The topological polar surface area (TPSA) is 190 Å². The van der Waals surface area contributed by atoms with Gasteiger partial charge in [-0.05, 0) is 77.5 Å². The number of nitrogen functional groups attached to an aromatic ring is 1. The lowest BCUT2D eigenvalue weighted by Gasteiger charge is -2.37. The van der Waals surface area contributed by atoms with E-state index in [1.54, 1.807) is 47.7 Å². The molecule has 248 valence electrons. The molecule has 1 aliphatic rings. The predicted octanol–water partition coefficient (Wildman–Crippen LogP) is 3.48. The van der Waals surface area contributed by atoms with Crippen LogP contribution >= 0.6 is 11.8 Å². The first-order chi connectivity index (χ1) is 20.9. The standard InChI is InChI=1S/C29H41N5O6S.C2H4O2/c1-7-39-27(38)33-23(29(5,6)41-17-22(35)40-28(2,3)4)26(37)34-14-8-9-21(34)25(36)32-16-18-10-11-20-19(15-18)12-13-31-24(20)30;1-2(3)4/h10-13,15,21,23H,7-9,14,16-17H2,1-6H3,(H2,30,31)(H,32,36)(H,33,38);1H3,(H,3,4)/t21-,23+;/m0./s1. The van der Waals surface area contributed by atoms with Crippen LogP contribution in [0.2, 0.25) is 0 Å². The van der Waals surface area contributed by atoms with Gasteiger partial charge in [-0.15, -0.1) is 11.8 Å². The fourth-order valence-corrected chi connectivity index (χ4v) is 5.53. The zero-order valence-electron chi connectivity index (χ0n) is 27.0. The van der Waals surface area contributed by atoms with E-state index in [9.17, 15) is 19.2 Å². The second-order valence-corrected chi connectivity index (χ2v) is 13.6. The number of rotatable bonds is 10. The number of aliphatic carboxylic acids is 1. The molecule has 0 bridgehead atoms. The molecule has 1 aromatic carbocycles. The van der Waals surface area contributed by atoms with E-state index < -0.39 is 46.4 Å². The van der Waals surface area contributed by atoms with Crippen LogP contribution in [0.25, 0.3) is 10.8 Å². The van der Waals surface area contributed by atoms with Crippen molar-refractivity contribution in [3.63, 3.8) is 0 Å². The lowest BCUT2D eigenvalue weighted by molar-refractivity contribution is -0.151. The fourth-order valence-electron chi connectivity index (χ4n) is 4.66. The summed E-state index contributed by atoms with van der Waals surface area (Å²) in [5.41, 5.74) is 6.18. The molecular formula is C31H45N5O8S. The number of hydrogen-bond acceptors (Lipinski definition) is 10. The molecule has 0 aliphatic carbocycles. The Labute approximate surface area is 268 Å². The molecule has 0 spiro atoms. The number of nitrogens with two attached hydrogens (primary N) is 1. The maximum atomic E-state index is 13.9. The van der Waals surface area contributed by atoms with E-state index in [1.807, 2.05) is 24.3 Å². The Morgan fingerprint density at radius 1 is 1.16 bits per heavy atom. The molecule has 3 amide bonds. The second kappa shape index (κ2) is 16.3. The average Bonchev–Trinajstić information content (AvgIpc) is 3.43. The molecule has 1 saturated heterocycles. The smallest absolute Gasteiger partial charge is 0.407 e. The maximum Gasteiger partial charge on any atom is 0.407 e. The normalized spacial score (nSPS) is 15.4. The Morgan fingerprint density at radius 3 is 2.44 bits per heavy atom. The Bertz CT molecular complexity index is 1370. The number of thioether (sulfide) groups is 1. The molecule has 1 aliphatic heterocycles. The van der Waals surface area contributed by atoms with E-state index >= 15 is 0 Å². The number of benzene rings is 1. The van der Waals surface area contributed by atoms with Gasteiger partial charge in [-0.25, -0.2) is 9.78 Å². The van der Waals surface area contributed by atoms with E-state index in [1.165, 1.54) is 16.7 Å². The van der Waals surface area contributed by atoms with E-state index in [-0.39, 0.29) is 24.8 Å². The quantitative estimate of drug-likeness (QED) is 0.276. The Kier molecular flexibility index (Phi) is 13.4. The molecule has 2 aromatic rings. The monoisotopic (exact) mass is 647 g/mol. The summed E-state index contributed by atoms with van der Waals surface area (Å²) < 4.78 is 9.54. The Morgan fingerprint density at radius 2 is 1.82 bits per heavy atom. The number of likely N-dealkylation sites (tertiary alicyclic amines) is 1. The van der Waals surface area contributed by atoms with Crippen LogP contribution in [0.4, 0.5) is 10.6 Å². The number of hydrogen-bond donors (Lipinski definition) is 4. The van der Waals surface area contributed by atoms with Crippen molar-refractivity contribution in [1.29, 1.82) is 0 Å². The van der Waals surface area contributed by atoms with Crippen LogP contribution in [0.1, 0.15) is 66.9 Å². The summed E-state index contributed by atoms with van der Waals surface area (Å²) in [6, 6.07) is 5.79. The minimum Gasteiger partial charge on any atom is -0.481 e. The first-order valence-electron chi connectivity index (χ1n) is 14.6. The van der Waals surface area contributed by atoms with Crippen LogP contribution in [0.3, 0.4) is 0 Å². The number of carboxylic acids is 1. The molecular weight excluding hydrogens is 602 g/mol. The van der Waals surface area contributed by atoms with E-state index in [0.717, 1.165) is 23.3 Å². The highest BCUT2D eigenvalue weighted by Crippen LogP contribution is 2.32. The second-order valence-electron chi connectivity index (χ2n) is 12.0. The SMILES string of the molecule is CC(=O)O.CCOC(=O)N[C@H](C(=O)N1CCC[C@H]1C(=O)NCc1ccc2c(N)nccc2c1)C(C)(C)SCC(=O)OC(C)(C)C. The van der Waals surface area contributed by atoms with Gasteiger partial charge in [0.25, 0.3) is 5.97 Å². The van der Waals surface area contributed by atoms with E-state index in [0.29, 0.717) is 25.2 Å². The molecule has 1 aromatic heterocycles. The van der Waals surface area contributed by atoms with Crippen LogP contribution in [-0.4, -0.2) is 86.2 Å². The summed E-state index contributed by atoms with van der Waals surface area (Å²) in [6.07, 6.45) is 2.03. The molecule has 14 heteroatoms. The first-order valence-corrected chi connectivity index (χ1v) is 15.6. The minimum absolute atomic E-state index is 0.0179. The largest absolute Gasteiger partial charge is 0.481 e. The van der Waals surface area contributed by atoms with Gasteiger partial charge < -0.3 is 35.8 Å². The highest BCUT2D eigenvalue weighted by Gasteiger charge is 2.44. The van der Waals surface area contributed by atoms with Crippen molar-refractivity contribution in [2.45, 2.75) is 90.3 Å². The van der Waals surface area contributed by atoms with E-state index in [2.05, 4.69) is 15.6 Å². The number of carbonyl (C=O) groups excluding carboxylic acids is 4. The molecule has 0 saturated carbocycles. The Balaban J connectivity index is 0.00000166. The van der Waals surface area contributed by atoms with Crippen LogP contribution in [0.5, 0.6) is 0 Å².